The number of benzene rings is 1. The van der Waals surface area contributed by atoms with Gasteiger partial charge < -0.3 is 9.32 Å². The van der Waals surface area contributed by atoms with E-state index in [1.54, 1.807) is 6.07 Å². The van der Waals surface area contributed by atoms with Gasteiger partial charge in [-0.15, -0.1) is 0 Å². The van der Waals surface area contributed by atoms with Crippen LogP contribution in [-0.4, -0.2) is 13.1 Å². The third kappa shape index (κ3) is 2.72. The summed E-state index contributed by atoms with van der Waals surface area (Å²) in [6, 6.07) is 7.75. The lowest BCUT2D eigenvalue weighted by atomic mass is 9.85. The first-order valence-corrected chi connectivity index (χ1v) is 7.20. The third-order valence-corrected chi connectivity index (χ3v) is 3.66. The fourth-order valence-corrected chi connectivity index (χ4v) is 2.56. The van der Waals surface area contributed by atoms with Crippen LogP contribution >= 0.6 is 0 Å². The summed E-state index contributed by atoms with van der Waals surface area (Å²) in [5.74, 6) is 0. The largest absolute Gasteiger partial charge is 0.423 e. The lowest BCUT2D eigenvalue weighted by Gasteiger charge is -2.23. The van der Waals surface area contributed by atoms with Crippen molar-refractivity contribution < 1.29 is 4.42 Å². The minimum absolute atomic E-state index is 0.0785. The molecule has 0 unspecified atom stereocenters. The molecule has 0 aliphatic heterocycles. The molecule has 0 bridgehead atoms. The first-order chi connectivity index (χ1) is 9.36. The maximum atomic E-state index is 11.8. The number of hydrogen-bond acceptors (Lipinski definition) is 3. The van der Waals surface area contributed by atoms with Crippen LogP contribution in [0.3, 0.4) is 0 Å². The summed E-state index contributed by atoms with van der Waals surface area (Å²) in [7, 11) is 0. The van der Waals surface area contributed by atoms with E-state index in [0.717, 1.165) is 29.7 Å². The summed E-state index contributed by atoms with van der Waals surface area (Å²) in [4.78, 5) is 14.0. The molecule has 0 atom stereocenters. The highest BCUT2D eigenvalue weighted by Gasteiger charge is 2.19. The van der Waals surface area contributed by atoms with Gasteiger partial charge in [0, 0.05) is 36.3 Å². The quantitative estimate of drug-likeness (QED) is 0.794. The molecular formula is C17H23NO2. The van der Waals surface area contributed by atoms with E-state index in [4.69, 9.17) is 4.42 Å². The van der Waals surface area contributed by atoms with E-state index in [-0.39, 0.29) is 11.0 Å². The van der Waals surface area contributed by atoms with Gasteiger partial charge in [-0.3, -0.25) is 0 Å². The Hall–Kier alpha value is -1.77. The molecule has 1 aromatic heterocycles. The van der Waals surface area contributed by atoms with E-state index in [1.165, 1.54) is 0 Å². The smallest absolute Gasteiger partial charge is 0.336 e. The maximum absolute atomic E-state index is 11.8. The van der Waals surface area contributed by atoms with Crippen LogP contribution in [0.1, 0.15) is 40.2 Å². The van der Waals surface area contributed by atoms with Gasteiger partial charge in [0.05, 0.1) is 0 Å². The first kappa shape index (κ1) is 14.6. The van der Waals surface area contributed by atoms with Crippen LogP contribution < -0.4 is 10.5 Å². The van der Waals surface area contributed by atoms with Crippen LogP contribution in [-0.2, 0) is 5.41 Å². The highest BCUT2D eigenvalue weighted by Crippen LogP contribution is 2.30. The maximum Gasteiger partial charge on any atom is 0.336 e. The molecule has 0 saturated heterocycles. The average Bonchev–Trinajstić information content (AvgIpc) is 2.37. The minimum Gasteiger partial charge on any atom is -0.423 e. The van der Waals surface area contributed by atoms with E-state index in [1.807, 2.05) is 6.07 Å². The minimum atomic E-state index is -0.279. The molecule has 0 spiro atoms. The monoisotopic (exact) mass is 273 g/mol. The predicted molar refractivity (Wildman–Crippen MR) is 84.7 cm³/mol. The Bertz CT molecular complexity index is 661. The van der Waals surface area contributed by atoms with Crippen LogP contribution in [0.25, 0.3) is 11.0 Å². The van der Waals surface area contributed by atoms with Crippen molar-refractivity contribution in [2.45, 2.75) is 40.0 Å². The van der Waals surface area contributed by atoms with Gasteiger partial charge in [0.1, 0.15) is 5.58 Å². The first-order valence-electron chi connectivity index (χ1n) is 7.20. The Kier molecular flexibility index (Phi) is 3.89. The number of rotatable bonds is 3. The zero-order valence-electron chi connectivity index (χ0n) is 13.0. The molecule has 2 aromatic rings. The van der Waals surface area contributed by atoms with E-state index in [2.05, 4.69) is 51.7 Å². The molecule has 0 saturated carbocycles. The van der Waals surface area contributed by atoms with Crippen LogP contribution in [0.5, 0.6) is 0 Å². The SMILES string of the molecule is CCN(CC)c1ccc2c(C(C)(C)C)cc(=O)oc2c1. The van der Waals surface area contributed by atoms with E-state index in [0.29, 0.717) is 5.58 Å². The highest BCUT2D eigenvalue weighted by atomic mass is 16.4. The Morgan fingerprint density at radius 3 is 2.30 bits per heavy atom. The van der Waals surface area contributed by atoms with Crippen LogP contribution in [0, 0.1) is 0 Å². The van der Waals surface area contributed by atoms with E-state index >= 15 is 0 Å². The van der Waals surface area contributed by atoms with Gasteiger partial charge in [-0.25, -0.2) is 4.79 Å². The number of anilines is 1. The second-order valence-electron chi connectivity index (χ2n) is 6.08. The number of hydrogen-bond donors (Lipinski definition) is 0. The molecule has 3 nitrogen and oxygen atoms in total. The molecule has 0 aliphatic rings. The van der Waals surface area contributed by atoms with Crippen molar-refractivity contribution in [3.05, 3.63) is 40.2 Å². The van der Waals surface area contributed by atoms with E-state index < -0.39 is 0 Å². The van der Waals surface area contributed by atoms with Gasteiger partial charge in [0.15, 0.2) is 0 Å². The molecule has 1 aromatic carbocycles. The van der Waals surface area contributed by atoms with Gasteiger partial charge >= 0.3 is 5.63 Å². The number of nitrogens with zero attached hydrogens (tertiary/aromatic N) is 1. The van der Waals surface area contributed by atoms with Gasteiger partial charge in [-0.2, -0.15) is 0 Å². The van der Waals surface area contributed by atoms with Crippen molar-refractivity contribution in [2.24, 2.45) is 0 Å². The third-order valence-electron chi connectivity index (χ3n) is 3.66. The zero-order valence-corrected chi connectivity index (χ0v) is 13.0. The zero-order chi connectivity index (χ0) is 14.9. The Balaban J connectivity index is 2.68. The Morgan fingerprint density at radius 1 is 1.10 bits per heavy atom. The lowest BCUT2D eigenvalue weighted by molar-refractivity contribution is 0.540. The van der Waals surface area contributed by atoms with Crippen molar-refractivity contribution in [2.75, 3.05) is 18.0 Å². The van der Waals surface area contributed by atoms with E-state index in [9.17, 15) is 4.79 Å². The molecule has 0 N–H and O–H groups in total. The fourth-order valence-electron chi connectivity index (χ4n) is 2.56. The highest BCUT2D eigenvalue weighted by molar-refractivity contribution is 5.84. The number of fused-ring (bicyclic) bond motifs is 1. The topological polar surface area (TPSA) is 33.5 Å². The molecule has 1 heterocycles. The molecular weight excluding hydrogens is 250 g/mol. The molecule has 108 valence electrons. The molecule has 20 heavy (non-hydrogen) atoms. The van der Waals surface area contributed by atoms with Crippen molar-refractivity contribution >= 4 is 16.7 Å². The fraction of sp³-hybridized carbons (Fsp3) is 0.471. The lowest BCUT2D eigenvalue weighted by Crippen LogP contribution is -2.22. The molecule has 3 heteroatoms. The van der Waals surface area contributed by atoms with Gasteiger partial charge in [0.2, 0.25) is 0 Å². The average molecular weight is 273 g/mol. The summed E-state index contributed by atoms with van der Waals surface area (Å²) in [5.41, 5.74) is 2.45. The molecule has 0 fully saturated rings. The van der Waals surface area contributed by atoms with Crippen molar-refractivity contribution in [1.82, 2.24) is 0 Å². The molecule has 0 amide bonds. The molecule has 2 rings (SSSR count). The second kappa shape index (κ2) is 5.31. The standard InChI is InChI=1S/C17H23NO2/c1-6-18(7-2)12-8-9-13-14(17(3,4)5)11-16(19)20-15(13)10-12/h8-11H,6-7H2,1-5H3. The van der Waals surface area contributed by atoms with Gasteiger partial charge in [-0.05, 0) is 37.0 Å². The molecule has 0 aliphatic carbocycles. The summed E-state index contributed by atoms with van der Waals surface area (Å²) < 4.78 is 5.40. The van der Waals surface area contributed by atoms with Crippen LogP contribution in [0.15, 0.2) is 33.5 Å². The molecule has 0 radical (unpaired) electrons. The summed E-state index contributed by atoms with van der Waals surface area (Å²) in [5, 5.41) is 1.02. The van der Waals surface area contributed by atoms with Crippen molar-refractivity contribution in [3.8, 4) is 0 Å². The normalized spacial score (nSPS) is 11.8. The van der Waals surface area contributed by atoms with Gasteiger partial charge in [0.25, 0.3) is 0 Å². The summed E-state index contributed by atoms with van der Waals surface area (Å²) >= 11 is 0. The van der Waals surface area contributed by atoms with Crippen molar-refractivity contribution in [1.29, 1.82) is 0 Å². The second-order valence-corrected chi connectivity index (χ2v) is 6.08. The Morgan fingerprint density at radius 2 is 1.75 bits per heavy atom. The Labute approximate surface area is 120 Å². The van der Waals surface area contributed by atoms with Crippen LogP contribution in [0.4, 0.5) is 5.69 Å². The van der Waals surface area contributed by atoms with Crippen molar-refractivity contribution in [3.63, 3.8) is 0 Å². The predicted octanol–water partition coefficient (Wildman–Crippen LogP) is 3.94. The van der Waals surface area contributed by atoms with Crippen LogP contribution in [0.2, 0.25) is 0 Å². The summed E-state index contributed by atoms with van der Waals surface area (Å²) in [6.07, 6.45) is 0. The van der Waals surface area contributed by atoms with Gasteiger partial charge in [-0.1, -0.05) is 20.8 Å². The summed E-state index contributed by atoms with van der Waals surface area (Å²) in [6.45, 7) is 12.4.